The molecule has 2 heterocycles. The van der Waals surface area contributed by atoms with Gasteiger partial charge in [-0.25, -0.2) is 9.59 Å². The Balaban J connectivity index is 1.55. The molecule has 0 bridgehead atoms. The molecular weight excluding hydrogens is 284 g/mol. The summed E-state index contributed by atoms with van der Waals surface area (Å²) in [5.41, 5.74) is 3.25. The zero-order valence-electron chi connectivity index (χ0n) is 11.9. The van der Waals surface area contributed by atoms with Gasteiger partial charge in [0.2, 0.25) is 0 Å². The van der Waals surface area contributed by atoms with Crippen LogP contribution >= 0.6 is 0 Å². The van der Waals surface area contributed by atoms with Crippen LogP contribution in [-0.2, 0) is 30.2 Å². The van der Waals surface area contributed by atoms with Crippen molar-refractivity contribution in [3.63, 3.8) is 0 Å². The molecule has 1 aromatic carbocycles. The van der Waals surface area contributed by atoms with Crippen molar-refractivity contribution in [2.24, 2.45) is 5.92 Å². The molecule has 1 saturated heterocycles. The quantitative estimate of drug-likeness (QED) is 0.476. The lowest BCUT2D eigenvalue weighted by molar-refractivity contribution is -0.152. The van der Waals surface area contributed by atoms with Crippen LogP contribution in [0, 0.1) is 5.92 Å². The Morgan fingerprint density at radius 3 is 2.77 bits per heavy atom. The second-order valence-electron chi connectivity index (χ2n) is 5.67. The summed E-state index contributed by atoms with van der Waals surface area (Å²) in [4.78, 5) is 23.3. The number of hydrogen-bond donors (Lipinski definition) is 0. The van der Waals surface area contributed by atoms with Crippen LogP contribution in [0.3, 0.4) is 0 Å². The van der Waals surface area contributed by atoms with Crippen LogP contribution in [-0.4, -0.2) is 18.2 Å². The second kappa shape index (κ2) is 4.73. The smallest absolute Gasteiger partial charge is 0.338 e. The Labute approximate surface area is 127 Å². The highest BCUT2D eigenvalue weighted by Gasteiger charge is 2.46. The molecule has 2 aliphatic heterocycles. The van der Waals surface area contributed by atoms with Gasteiger partial charge in [0.15, 0.2) is 0 Å². The molecule has 0 N–H and O–H groups in total. The lowest BCUT2D eigenvalue weighted by atomic mass is 9.98. The molecule has 0 radical (unpaired) electrons. The summed E-state index contributed by atoms with van der Waals surface area (Å²) in [5, 5.41) is 0. The van der Waals surface area contributed by atoms with Crippen LogP contribution in [0.5, 0.6) is 0 Å². The summed E-state index contributed by atoms with van der Waals surface area (Å²) < 4.78 is 15.9. The summed E-state index contributed by atoms with van der Waals surface area (Å²) in [6.07, 6.45) is 2.71. The van der Waals surface area contributed by atoms with Crippen LogP contribution in [0.25, 0.3) is 0 Å². The number of cyclic esters (lactones) is 1. The fourth-order valence-corrected chi connectivity index (χ4v) is 3.16. The lowest BCUT2D eigenvalue weighted by Gasteiger charge is -2.09. The van der Waals surface area contributed by atoms with Gasteiger partial charge >= 0.3 is 11.9 Å². The maximum absolute atomic E-state index is 12.0. The molecule has 2 unspecified atom stereocenters. The van der Waals surface area contributed by atoms with Crippen molar-refractivity contribution in [3.05, 3.63) is 58.9 Å². The number of rotatable bonds is 2. The molecule has 3 atom stereocenters. The largest absolute Gasteiger partial charge is 0.458 e. The first kappa shape index (κ1) is 13.1. The molecular formula is C17H14O5. The van der Waals surface area contributed by atoms with E-state index in [2.05, 4.69) is 0 Å². The minimum absolute atomic E-state index is 0.0351. The minimum Gasteiger partial charge on any atom is -0.458 e. The standard InChI is InChI=1S/C17H14O5/c1-9-6-14(21-16(9)18)20-8-13-12-7-10-4-2-3-5-11(10)15(12)22-17(13)19/h2-6,8,12,14-15H,7H2,1H3/b13-8+/t12?,14-,15?/m1/s1. The highest BCUT2D eigenvalue weighted by molar-refractivity contribution is 5.92. The number of fused-ring (bicyclic) bond motifs is 3. The third-order valence-electron chi connectivity index (χ3n) is 4.30. The van der Waals surface area contributed by atoms with E-state index in [1.165, 1.54) is 11.8 Å². The molecule has 0 spiro atoms. The number of ether oxygens (including phenoxy) is 3. The fourth-order valence-electron chi connectivity index (χ4n) is 3.16. The van der Waals surface area contributed by atoms with E-state index in [1.807, 2.05) is 24.3 Å². The monoisotopic (exact) mass is 298 g/mol. The van der Waals surface area contributed by atoms with Gasteiger partial charge in [-0.15, -0.1) is 0 Å². The molecule has 112 valence electrons. The average molecular weight is 298 g/mol. The molecule has 1 aromatic rings. The van der Waals surface area contributed by atoms with Gasteiger partial charge in [0.1, 0.15) is 6.10 Å². The summed E-state index contributed by atoms with van der Waals surface area (Å²) >= 11 is 0. The number of hydrogen-bond acceptors (Lipinski definition) is 5. The maximum Gasteiger partial charge on any atom is 0.338 e. The molecule has 5 nitrogen and oxygen atoms in total. The van der Waals surface area contributed by atoms with Crippen molar-refractivity contribution < 1.29 is 23.8 Å². The van der Waals surface area contributed by atoms with Crippen molar-refractivity contribution in [2.45, 2.75) is 25.7 Å². The summed E-state index contributed by atoms with van der Waals surface area (Å²) in [7, 11) is 0. The molecule has 0 saturated carbocycles. The van der Waals surface area contributed by atoms with E-state index in [4.69, 9.17) is 14.2 Å². The summed E-state index contributed by atoms with van der Waals surface area (Å²) in [6, 6.07) is 7.96. The highest BCUT2D eigenvalue weighted by atomic mass is 16.7. The zero-order chi connectivity index (χ0) is 15.3. The van der Waals surface area contributed by atoms with E-state index in [1.54, 1.807) is 13.0 Å². The Hall–Kier alpha value is -2.56. The molecule has 1 fully saturated rings. The normalized spacial score (nSPS) is 30.7. The van der Waals surface area contributed by atoms with E-state index in [0.29, 0.717) is 11.1 Å². The van der Waals surface area contributed by atoms with Gasteiger partial charge in [0.25, 0.3) is 6.29 Å². The van der Waals surface area contributed by atoms with Crippen molar-refractivity contribution in [1.82, 2.24) is 0 Å². The number of carbonyl (C=O) groups is 2. The summed E-state index contributed by atoms with van der Waals surface area (Å²) in [6.45, 7) is 1.66. The van der Waals surface area contributed by atoms with Gasteiger partial charge < -0.3 is 14.2 Å². The molecule has 1 aliphatic carbocycles. The average Bonchev–Trinajstić information content (AvgIpc) is 3.10. The lowest BCUT2D eigenvalue weighted by Crippen LogP contribution is -2.11. The minimum atomic E-state index is -0.768. The topological polar surface area (TPSA) is 61.8 Å². The van der Waals surface area contributed by atoms with E-state index >= 15 is 0 Å². The second-order valence-corrected chi connectivity index (χ2v) is 5.67. The fraction of sp³-hybridized carbons (Fsp3) is 0.294. The van der Waals surface area contributed by atoms with Gasteiger partial charge in [-0.05, 0) is 24.5 Å². The molecule has 3 aliphatic rings. The van der Waals surface area contributed by atoms with E-state index in [9.17, 15) is 9.59 Å². The van der Waals surface area contributed by atoms with Crippen LogP contribution < -0.4 is 0 Å². The van der Waals surface area contributed by atoms with E-state index in [0.717, 1.165) is 12.0 Å². The van der Waals surface area contributed by atoms with Crippen molar-refractivity contribution in [1.29, 1.82) is 0 Å². The number of carbonyl (C=O) groups excluding carboxylic acids is 2. The van der Waals surface area contributed by atoms with Gasteiger partial charge in [-0.1, -0.05) is 24.3 Å². The third-order valence-corrected chi connectivity index (χ3v) is 4.30. The number of esters is 2. The molecule has 0 aromatic heterocycles. The summed E-state index contributed by atoms with van der Waals surface area (Å²) in [5.74, 6) is -0.801. The van der Waals surface area contributed by atoms with Gasteiger partial charge in [-0.2, -0.15) is 0 Å². The van der Waals surface area contributed by atoms with E-state index in [-0.39, 0.29) is 18.0 Å². The first-order chi connectivity index (χ1) is 10.6. The van der Waals surface area contributed by atoms with Crippen molar-refractivity contribution >= 4 is 11.9 Å². The zero-order valence-corrected chi connectivity index (χ0v) is 11.9. The predicted molar refractivity (Wildman–Crippen MR) is 75.3 cm³/mol. The molecule has 0 amide bonds. The first-order valence-corrected chi connectivity index (χ1v) is 7.17. The Morgan fingerprint density at radius 2 is 2.00 bits per heavy atom. The first-order valence-electron chi connectivity index (χ1n) is 7.17. The van der Waals surface area contributed by atoms with Crippen LogP contribution in [0.1, 0.15) is 24.2 Å². The SMILES string of the molecule is CC1=C[C@H](O/C=C2/C(=O)OC3c4ccccc4CC23)OC1=O. The van der Waals surface area contributed by atoms with Gasteiger partial charge in [-0.3, -0.25) is 0 Å². The van der Waals surface area contributed by atoms with Gasteiger partial charge in [0, 0.05) is 17.6 Å². The Bertz CT molecular complexity index is 730. The maximum atomic E-state index is 12.0. The molecule has 22 heavy (non-hydrogen) atoms. The number of benzene rings is 1. The van der Waals surface area contributed by atoms with Crippen molar-refractivity contribution in [2.75, 3.05) is 0 Å². The Morgan fingerprint density at radius 1 is 1.18 bits per heavy atom. The van der Waals surface area contributed by atoms with E-state index < -0.39 is 12.3 Å². The van der Waals surface area contributed by atoms with Crippen LogP contribution in [0.2, 0.25) is 0 Å². The van der Waals surface area contributed by atoms with Gasteiger partial charge in [0.05, 0.1) is 11.8 Å². The molecule has 5 heteroatoms. The van der Waals surface area contributed by atoms with Crippen LogP contribution in [0.4, 0.5) is 0 Å². The molecule has 4 rings (SSSR count). The van der Waals surface area contributed by atoms with Crippen LogP contribution in [0.15, 0.2) is 47.7 Å². The Kier molecular flexibility index (Phi) is 2.82. The van der Waals surface area contributed by atoms with Crippen molar-refractivity contribution in [3.8, 4) is 0 Å². The highest BCUT2D eigenvalue weighted by Crippen LogP contribution is 2.47. The third kappa shape index (κ3) is 1.93. The predicted octanol–water partition coefficient (Wildman–Crippen LogP) is 2.19.